The zero-order valence-corrected chi connectivity index (χ0v) is 8.50. The van der Waals surface area contributed by atoms with Gasteiger partial charge in [0.1, 0.15) is 0 Å². The van der Waals surface area contributed by atoms with E-state index in [1.165, 1.54) is 0 Å². The summed E-state index contributed by atoms with van der Waals surface area (Å²) in [5.41, 5.74) is 7.45. The number of nitrogens with zero attached hydrogens (tertiary/aromatic N) is 3. The van der Waals surface area contributed by atoms with Crippen LogP contribution in [0.1, 0.15) is 6.42 Å². The summed E-state index contributed by atoms with van der Waals surface area (Å²) in [4.78, 5) is 8.38. The van der Waals surface area contributed by atoms with Crippen LogP contribution in [-0.4, -0.2) is 21.1 Å². The molecule has 2 aromatic heterocycles. The number of imidazole rings is 1. The SMILES string of the molecule is NCCCn1cnc(-c2cccnc2)c1. The largest absolute Gasteiger partial charge is 0.337 e. The predicted octanol–water partition coefficient (Wildman–Crippen LogP) is 1.29. The van der Waals surface area contributed by atoms with Gasteiger partial charge in [-0.1, -0.05) is 0 Å². The van der Waals surface area contributed by atoms with Gasteiger partial charge >= 0.3 is 0 Å². The topological polar surface area (TPSA) is 56.7 Å². The van der Waals surface area contributed by atoms with Crippen LogP contribution < -0.4 is 5.73 Å². The van der Waals surface area contributed by atoms with Crippen molar-refractivity contribution in [1.82, 2.24) is 14.5 Å². The number of rotatable bonds is 4. The summed E-state index contributed by atoms with van der Waals surface area (Å²) in [6, 6.07) is 3.91. The van der Waals surface area contributed by atoms with Crippen LogP contribution in [0.2, 0.25) is 0 Å². The molecule has 0 amide bonds. The zero-order valence-electron chi connectivity index (χ0n) is 8.50. The first-order chi connectivity index (χ1) is 7.40. The molecule has 0 saturated heterocycles. The molecule has 0 bridgehead atoms. The predicted molar refractivity (Wildman–Crippen MR) is 59.1 cm³/mol. The van der Waals surface area contributed by atoms with Gasteiger partial charge in [-0.15, -0.1) is 0 Å². The Morgan fingerprint density at radius 1 is 1.40 bits per heavy atom. The maximum absolute atomic E-state index is 5.45. The van der Waals surface area contributed by atoms with Gasteiger partial charge in [0.25, 0.3) is 0 Å². The Labute approximate surface area is 88.8 Å². The van der Waals surface area contributed by atoms with Crippen molar-refractivity contribution in [2.45, 2.75) is 13.0 Å². The first-order valence-corrected chi connectivity index (χ1v) is 5.02. The Morgan fingerprint density at radius 3 is 3.07 bits per heavy atom. The third-order valence-electron chi connectivity index (χ3n) is 2.21. The van der Waals surface area contributed by atoms with Crippen molar-refractivity contribution in [3.8, 4) is 11.3 Å². The van der Waals surface area contributed by atoms with Crippen LogP contribution in [-0.2, 0) is 6.54 Å². The van der Waals surface area contributed by atoms with Gasteiger partial charge in [-0.25, -0.2) is 4.98 Å². The van der Waals surface area contributed by atoms with Gasteiger partial charge in [0, 0.05) is 30.7 Å². The Bertz CT molecular complexity index is 408. The summed E-state index contributed by atoms with van der Waals surface area (Å²) in [6.45, 7) is 1.63. The molecule has 2 N–H and O–H groups in total. The molecule has 0 fully saturated rings. The highest BCUT2D eigenvalue weighted by Gasteiger charge is 2.00. The number of hydrogen-bond acceptors (Lipinski definition) is 3. The maximum Gasteiger partial charge on any atom is 0.0953 e. The lowest BCUT2D eigenvalue weighted by atomic mass is 10.2. The summed E-state index contributed by atoms with van der Waals surface area (Å²) in [5, 5.41) is 0. The Morgan fingerprint density at radius 2 is 2.33 bits per heavy atom. The second-order valence-corrected chi connectivity index (χ2v) is 3.38. The highest BCUT2D eigenvalue weighted by atomic mass is 15.0. The van der Waals surface area contributed by atoms with E-state index in [1.54, 1.807) is 6.20 Å². The van der Waals surface area contributed by atoms with Crippen LogP contribution in [0.5, 0.6) is 0 Å². The van der Waals surface area contributed by atoms with Crippen molar-refractivity contribution in [2.75, 3.05) is 6.54 Å². The lowest BCUT2D eigenvalue weighted by Gasteiger charge is -1.98. The molecule has 78 valence electrons. The molecule has 2 heterocycles. The fraction of sp³-hybridized carbons (Fsp3) is 0.273. The molecule has 4 nitrogen and oxygen atoms in total. The highest BCUT2D eigenvalue weighted by molar-refractivity contribution is 5.56. The molecule has 0 aliphatic carbocycles. The molecule has 2 aromatic rings. The van der Waals surface area contributed by atoms with E-state index >= 15 is 0 Å². The molecule has 4 heteroatoms. The average molecular weight is 202 g/mol. The maximum atomic E-state index is 5.45. The van der Waals surface area contributed by atoms with E-state index < -0.39 is 0 Å². The number of aromatic nitrogens is 3. The second-order valence-electron chi connectivity index (χ2n) is 3.38. The van der Waals surface area contributed by atoms with Gasteiger partial charge in [0.05, 0.1) is 12.0 Å². The van der Waals surface area contributed by atoms with E-state index in [9.17, 15) is 0 Å². The van der Waals surface area contributed by atoms with Crippen molar-refractivity contribution in [3.05, 3.63) is 37.1 Å². The van der Waals surface area contributed by atoms with Crippen molar-refractivity contribution in [2.24, 2.45) is 5.73 Å². The van der Waals surface area contributed by atoms with Crippen molar-refractivity contribution in [3.63, 3.8) is 0 Å². The van der Waals surface area contributed by atoms with Crippen LogP contribution in [0, 0.1) is 0 Å². The van der Waals surface area contributed by atoms with E-state index in [-0.39, 0.29) is 0 Å². The minimum atomic E-state index is 0.709. The Hall–Kier alpha value is -1.68. The molecule has 0 aliphatic heterocycles. The Kier molecular flexibility index (Phi) is 3.09. The Balaban J connectivity index is 2.14. The van der Waals surface area contributed by atoms with Gasteiger partial charge in [-0.2, -0.15) is 0 Å². The molecule has 0 spiro atoms. The van der Waals surface area contributed by atoms with E-state index in [0.29, 0.717) is 6.54 Å². The van der Waals surface area contributed by atoms with E-state index in [1.807, 2.05) is 30.9 Å². The minimum absolute atomic E-state index is 0.709. The van der Waals surface area contributed by atoms with Crippen molar-refractivity contribution in [1.29, 1.82) is 0 Å². The number of nitrogens with two attached hydrogens (primary N) is 1. The minimum Gasteiger partial charge on any atom is -0.337 e. The quantitative estimate of drug-likeness (QED) is 0.812. The summed E-state index contributed by atoms with van der Waals surface area (Å²) >= 11 is 0. The summed E-state index contributed by atoms with van der Waals surface area (Å²) in [7, 11) is 0. The molecule has 0 atom stereocenters. The van der Waals surface area contributed by atoms with E-state index in [4.69, 9.17) is 5.73 Å². The fourth-order valence-electron chi connectivity index (χ4n) is 1.42. The smallest absolute Gasteiger partial charge is 0.0953 e. The summed E-state index contributed by atoms with van der Waals surface area (Å²) in [5.74, 6) is 0. The van der Waals surface area contributed by atoms with E-state index in [2.05, 4.69) is 14.5 Å². The van der Waals surface area contributed by atoms with Crippen LogP contribution in [0.15, 0.2) is 37.1 Å². The summed E-state index contributed by atoms with van der Waals surface area (Å²) < 4.78 is 2.05. The third kappa shape index (κ3) is 2.41. The van der Waals surface area contributed by atoms with Gasteiger partial charge in [0.15, 0.2) is 0 Å². The number of pyridine rings is 1. The molecule has 0 aromatic carbocycles. The highest BCUT2D eigenvalue weighted by Crippen LogP contribution is 2.14. The van der Waals surface area contributed by atoms with E-state index in [0.717, 1.165) is 24.2 Å². The van der Waals surface area contributed by atoms with Crippen LogP contribution in [0.3, 0.4) is 0 Å². The van der Waals surface area contributed by atoms with Crippen LogP contribution >= 0.6 is 0 Å². The molecule has 0 saturated carbocycles. The molecular weight excluding hydrogens is 188 g/mol. The normalized spacial score (nSPS) is 10.5. The molecule has 15 heavy (non-hydrogen) atoms. The van der Waals surface area contributed by atoms with Crippen molar-refractivity contribution < 1.29 is 0 Å². The van der Waals surface area contributed by atoms with Gasteiger partial charge in [0.2, 0.25) is 0 Å². The lowest BCUT2D eigenvalue weighted by molar-refractivity contribution is 0.650. The standard InChI is InChI=1S/C11H14N4/c12-4-2-6-15-8-11(14-9-15)10-3-1-5-13-7-10/h1,3,5,7-9H,2,4,6,12H2. The molecule has 0 aliphatic rings. The molecule has 0 unspecified atom stereocenters. The first kappa shape index (κ1) is 9.86. The first-order valence-electron chi connectivity index (χ1n) is 5.02. The van der Waals surface area contributed by atoms with Gasteiger partial charge in [-0.3, -0.25) is 4.98 Å². The monoisotopic (exact) mass is 202 g/mol. The molecular formula is C11H14N4. The van der Waals surface area contributed by atoms with Crippen LogP contribution in [0.4, 0.5) is 0 Å². The number of hydrogen-bond donors (Lipinski definition) is 1. The van der Waals surface area contributed by atoms with Crippen molar-refractivity contribution >= 4 is 0 Å². The lowest BCUT2D eigenvalue weighted by Crippen LogP contribution is -2.03. The molecule has 0 radical (unpaired) electrons. The zero-order chi connectivity index (χ0) is 10.5. The third-order valence-corrected chi connectivity index (χ3v) is 2.21. The van der Waals surface area contributed by atoms with Crippen LogP contribution in [0.25, 0.3) is 11.3 Å². The summed E-state index contributed by atoms with van der Waals surface area (Å²) in [6.07, 6.45) is 8.40. The number of aryl methyl sites for hydroxylation is 1. The van der Waals surface area contributed by atoms with Gasteiger partial charge < -0.3 is 10.3 Å². The average Bonchev–Trinajstić information content (AvgIpc) is 2.76. The fourth-order valence-corrected chi connectivity index (χ4v) is 1.42. The molecule has 2 rings (SSSR count). The van der Waals surface area contributed by atoms with Gasteiger partial charge in [-0.05, 0) is 25.1 Å². The second kappa shape index (κ2) is 4.70.